The van der Waals surface area contributed by atoms with Gasteiger partial charge in [0.25, 0.3) is 5.91 Å². The lowest BCUT2D eigenvalue weighted by Gasteiger charge is -2.25. The fraction of sp³-hybridized carbons (Fsp3) is 0.368. The molecule has 0 radical (unpaired) electrons. The lowest BCUT2D eigenvalue weighted by Crippen LogP contribution is -2.46. The van der Waals surface area contributed by atoms with Crippen LogP contribution in [0.4, 0.5) is 5.69 Å². The summed E-state index contributed by atoms with van der Waals surface area (Å²) in [5.41, 5.74) is 2.56. The second-order valence-corrected chi connectivity index (χ2v) is 6.12. The van der Waals surface area contributed by atoms with E-state index in [4.69, 9.17) is 4.42 Å². The zero-order valence-corrected chi connectivity index (χ0v) is 15.2. The summed E-state index contributed by atoms with van der Waals surface area (Å²) in [6.07, 6.45) is 2.79. The van der Waals surface area contributed by atoms with Gasteiger partial charge in [0.1, 0.15) is 12.3 Å². The highest BCUT2D eigenvalue weighted by Crippen LogP contribution is 2.14. The highest BCUT2D eigenvalue weighted by molar-refractivity contribution is 5.97. The Morgan fingerprint density at radius 2 is 1.84 bits per heavy atom. The topological polar surface area (TPSA) is 65.8 Å². The number of furan rings is 1. The van der Waals surface area contributed by atoms with Crippen LogP contribution in [0.15, 0.2) is 47.3 Å². The number of nitrogens with zero attached hydrogens (tertiary/aromatic N) is 2. The molecule has 2 rings (SSSR count). The van der Waals surface area contributed by atoms with Crippen LogP contribution in [-0.2, 0) is 11.3 Å². The first-order chi connectivity index (χ1) is 11.9. The predicted molar refractivity (Wildman–Crippen MR) is 97.5 cm³/mol. The zero-order valence-electron chi connectivity index (χ0n) is 15.2. The Morgan fingerprint density at radius 1 is 1.16 bits per heavy atom. The highest BCUT2D eigenvalue weighted by atomic mass is 16.3. The smallest absolute Gasteiger partial charge is 0.255 e. The van der Waals surface area contributed by atoms with E-state index < -0.39 is 6.04 Å². The van der Waals surface area contributed by atoms with Gasteiger partial charge < -0.3 is 19.5 Å². The summed E-state index contributed by atoms with van der Waals surface area (Å²) < 4.78 is 4.89. The third kappa shape index (κ3) is 4.86. The maximum Gasteiger partial charge on any atom is 0.255 e. The maximum absolute atomic E-state index is 12.6. The normalized spacial score (nSPS) is 11.7. The van der Waals surface area contributed by atoms with Gasteiger partial charge in [-0.05, 0) is 37.6 Å². The fourth-order valence-electron chi connectivity index (χ4n) is 2.47. The van der Waals surface area contributed by atoms with Crippen LogP contribution in [0.2, 0.25) is 0 Å². The fourth-order valence-corrected chi connectivity index (χ4v) is 2.47. The Kier molecular flexibility index (Phi) is 6.22. The average Bonchev–Trinajstić information content (AvgIpc) is 3.14. The van der Waals surface area contributed by atoms with Gasteiger partial charge in [-0.25, -0.2) is 0 Å². The van der Waals surface area contributed by atoms with Gasteiger partial charge in [0, 0.05) is 32.9 Å². The summed E-state index contributed by atoms with van der Waals surface area (Å²) in [7, 11) is 3.97. The molecule has 0 aliphatic heterocycles. The molecule has 0 fully saturated rings. The van der Waals surface area contributed by atoms with Crippen molar-refractivity contribution in [3.8, 4) is 0 Å². The molecule has 1 heterocycles. The van der Waals surface area contributed by atoms with Crippen molar-refractivity contribution in [1.29, 1.82) is 0 Å². The number of benzene rings is 1. The molecule has 1 aromatic heterocycles. The number of anilines is 1. The molecule has 0 spiro atoms. The lowest BCUT2D eigenvalue weighted by atomic mass is 10.1. The molecule has 2 aromatic rings. The van der Waals surface area contributed by atoms with Gasteiger partial charge in [0.05, 0.1) is 11.8 Å². The van der Waals surface area contributed by atoms with E-state index in [1.807, 2.05) is 50.2 Å². The van der Waals surface area contributed by atoms with Crippen molar-refractivity contribution in [3.05, 3.63) is 54.0 Å². The molecular weight excluding hydrogens is 318 g/mol. The first-order valence-corrected chi connectivity index (χ1v) is 8.30. The second-order valence-electron chi connectivity index (χ2n) is 6.12. The molecule has 6 nitrogen and oxygen atoms in total. The highest BCUT2D eigenvalue weighted by Gasteiger charge is 2.22. The van der Waals surface area contributed by atoms with Gasteiger partial charge in [0.2, 0.25) is 5.91 Å². The summed E-state index contributed by atoms with van der Waals surface area (Å²) in [6.45, 7) is 4.70. The molecule has 0 saturated carbocycles. The predicted octanol–water partition coefficient (Wildman–Crippen LogP) is 2.51. The number of likely N-dealkylation sites (N-methyl/N-ethyl adjacent to an activating group) is 1. The Morgan fingerprint density at radius 3 is 2.36 bits per heavy atom. The first kappa shape index (κ1) is 18.6. The zero-order chi connectivity index (χ0) is 18.4. The van der Waals surface area contributed by atoms with Gasteiger partial charge in [-0.15, -0.1) is 0 Å². The van der Waals surface area contributed by atoms with Gasteiger partial charge in [-0.3, -0.25) is 9.59 Å². The van der Waals surface area contributed by atoms with Crippen LogP contribution in [0.5, 0.6) is 0 Å². The van der Waals surface area contributed by atoms with E-state index in [9.17, 15) is 9.59 Å². The Labute approximate surface area is 148 Å². The Balaban J connectivity index is 1.98. The number of amides is 2. The molecule has 0 saturated heterocycles. The van der Waals surface area contributed by atoms with Gasteiger partial charge >= 0.3 is 0 Å². The SMILES string of the molecule is CCN(Cc1ccc(N(C)C)cc1)C(=O)C(C)NC(=O)c1ccoc1. The van der Waals surface area contributed by atoms with Gasteiger partial charge in [-0.1, -0.05) is 12.1 Å². The lowest BCUT2D eigenvalue weighted by molar-refractivity contribution is -0.133. The summed E-state index contributed by atoms with van der Waals surface area (Å²) in [5.74, 6) is -0.433. The van der Waals surface area contributed by atoms with E-state index in [2.05, 4.69) is 5.32 Å². The second kappa shape index (κ2) is 8.37. The van der Waals surface area contributed by atoms with Crippen molar-refractivity contribution in [1.82, 2.24) is 10.2 Å². The number of carbonyl (C=O) groups is 2. The molecule has 1 unspecified atom stereocenters. The van der Waals surface area contributed by atoms with Crippen molar-refractivity contribution in [2.75, 3.05) is 25.5 Å². The minimum absolute atomic E-state index is 0.115. The minimum Gasteiger partial charge on any atom is -0.472 e. The average molecular weight is 343 g/mol. The van der Waals surface area contributed by atoms with Crippen molar-refractivity contribution < 1.29 is 14.0 Å². The number of hydrogen-bond acceptors (Lipinski definition) is 4. The van der Waals surface area contributed by atoms with E-state index in [-0.39, 0.29) is 11.8 Å². The van der Waals surface area contributed by atoms with Crippen molar-refractivity contribution in [2.45, 2.75) is 26.4 Å². The third-order valence-corrected chi connectivity index (χ3v) is 4.02. The summed E-state index contributed by atoms with van der Waals surface area (Å²) >= 11 is 0. The van der Waals surface area contributed by atoms with Crippen LogP contribution in [0.3, 0.4) is 0 Å². The van der Waals surface area contributed by atoms with E-state index in [0.717, 1.165) is 11.3 Å². The quantitative estimate of drug-likeness (QED) is 0.839. The monoisotopic (exact) mass is 343 g/mol. The number of carbonyl (C=O) groups excluding carboxylic acids is 2. The van der Waals surface area contributed by atoms with Crippen LogP contribution in [0.25, 0.3) is 0 Å². The summed E-state index contributed by atoms with van der Waals surface area (Å²) in [6, 6.07) is 9.04. The summed E-state index contributed by atoms with van der Waals surface area (Å²) in [4.78, 5) is 28.4. The standard InChI is InChI=1S/C19H25N3O3/c1-5-22(12-15-6-8-17(9-7-15)21(3)4)19(24)14(2)20-18(23)16-10-11-25-13-16/h6-11,13-14H,5,12H2,1-4H3,(H,20,23). The first-order valence-electron chi connectivity index (χ1n) is 8.30. The molecule has 0 aliphatic rings. The minimum atomic E-state index is -0.608. The molecule has 25 heavy (non-hydrogen) atoms. The van der Waals surface area contributed by atoms with Gasteiger partial charge in [-0.2, -0.15) is 0 Å². The largest absolute Gasteiger partial charge is 0.472 e. The molecular formula is C19H25N3O3. The molecule has 0 bridgehead atoms. The van der Waals surface area contributed by atoms with E-state index in [0.29, 0.717) is 18.7 Å². The molecule has 1 aromatic carbocycles. The molecule has 6 heteroatoms. The Bertz CT molecular complexity index is 693. The van der Waals surface area contributed by atoms with E-state index in [1.165, 1.54) is 12.5 Å². The Hall–Kier alpha value is -2.76. The molecule has 2 amide bonds. The number of rotatable bonds is 7. The molecule has 0 aliphatic carbocycles. The van der Waals surface area contributed by atoms with Crippen LogP contribution >= 0.6 is 0 Å². The summed E-state index contributed by atoms with van der Waals surface area (Å²) in [5, 5.41) is 2.71. The van der Waals surface area contributed by atoms with E-state index >= 15 is 0 Å². The number of hydrogen-bond donors (Lipinski definition) is 1. The maximum atomic E-state index is 12.6. The van der Waals surface area contributed by atoms with Crippen LogP contribution in [-0.4, -0.2) is 43.4 Å². The van der Waals surface area contributed by atoms with E-state index in [1.54, 1.807) is 17.9 Å². The third-order valence-electron chi connectivity index (χ3n) is 4.02. The molecule has 1 N–H and O–H groups in total. The van der Waals surface area contributed by atoms with Crippen molar-refractivity contribution in [3.63, 3.8) is 0 Å². The molecule has 134 valence electrons. The number of nitrogens with one attached hydrogen (secondary N) is 1. The van der Waals surface area contributed by atoms with Gasteiger partial charge in [0.15, 0.2) is 0 Å². The van der Waals surface area contributed by atoms with Crippen LogP contribution in [0, 0.1) is 0 Å². The molecule has 1 atom stereocenters. The van der Waals surface area contributed by atoms with Crippen molar-refractivity contribution >= 4 is 17.5 Å². The van der Waals surface area contributed by atoms with Crippen LogP contribution < -0.4 is 10.2 Å². The van der Waals surface area contributed by atoms with Crippen LogP contribution in [0.1, 0.15) is 29.8 Å². The van der Waals surface area contributed by atoms with Crippen molar-refractivity contribution in [2.24, 2.45) is 0 Å².